The number of rotatable bonds is 3. The fourth-order valence-electron chi connectivity index (χ4n) is 4.33. The van der Waals surface area contributed by atoms with Gasteiger partial charge in [-0.05, 0) is 26.0 Å². The molecule has 0 amide bonds. The summed E-state index contributed by atoms with van der Waals surface area (Å²) in [6, 6.07) is 11.7. The zero-order valence-electron chi connectivity index (χ0n) is 17.3. The van der Waals surface area contributed by atoms with Crippen LogP contribution in [-0.2, 0) is 0 Å². The molecule has 1 atom stereocenters. The highest BCUT2D eigenvalue weighted by Crippen LogP contribution is 2.34. The molecule has 0 saturated carbocycles. The number of piperazine rings is 1. The summed E-state index contributed by atoms with van der Waals surface area (Å²) in [5.74, 6) is 0.436. The molecule has 0 N–H and O–H groups in total. The second kappa shape index (κ2) is 7.72. The Morgan fingerprint density at radius 3 is 2.60 bits per heavy atom. The molecule has 30 heavy (non-hydrogen) atoms. The van der Waals surface area contributed by atoms with Crippen LogP contribution in [0.25, 0.3) is 10.9 Å². The maximum Gasteiger partial charge on any atom is 0.257 e. The summed E-state index contributed by atoms with van der Waals surface area (Å²) in [6.07, 6.45) is 0. The number of aromatic nitrogens is 2. The SMILES string of the molecule is Cc1cc(N2CCN(C(C)c3nc4c(cc3F)OCCO4)CC2)c2ccccc2n1. The summed E-state index contributed by atoms with van der Waals surface area (Å²) in [4.78, 5) is 13.8. The lowest BCUT2D eigenvalue weighted by atomic mass is 10.1. The average Bonchev–Trinajstić information content (AvgIpc) is 2.77. The third-order valence-electron chi connectivity index (χ3n) is 5.94. The molecule has 2 aliphatic rings. The van der Waals surface area contributed by atoms with Crippen molar-refractivity contribution in [2.24, 2.45) is 0 Å². The Morgan fingerprint density at radius 2 is 1.77 bits per heavy atom. The van der Waals surface area contributed by atoms with E-state index in [1.807, 2.05) is 19.9 Å². The predicted octanol–water partition coefficient (Wildman–Crippen LogP) is 3.73. The lowest BCUT2D eigenvalue weighted by Gasteiger charge is -2.39. The second-order valence-corrected chi connectivity index (χ2v) is 7.85. The molecule has 5 rings (SSSR count). The van der Waals surface area contributed by atoms with Crippen molar-refractivity contribution in [2.45, 2.75) is 19.9 Å². The Balaban J connectivity index is 1.34. The Hall–Kier alpha value is -2.93. The van der Waals surface area contributed by atoms with Crippen molar-refractivity contribution in [1.82, 2.24) is 14.9 Å². The Kier molecular flexibility index (Phi) is 4.90. The molecule has 6 nitrogen and oxygen atoms in total. The highest BCUT2D eigenvalue weighted by atomic mass is 19.1. The van der Waals surface area contributed by atoms with Crippen LogP contribution in [0.5, 0.6) is 11.6 Å². The van der Waals surface area contributed by atoms with E-state index in [0.717, 1.165) is 37.4 Å². The highest BCUT2D eigenvalue weighted by Gasteiger charge is 2.28. The third kappa shape index (κ3) is 3.43. The highest BCUT2D eigenvalue weighted by molar-refractivity contribution is 5.92. The molecule has 1 saturated heterocycles. The van der Waals surface area contributed by atoms with E-state index in [1.54, 1.807) is 0 Å². The van der Waals surface area contributed by atoms with Crippen molar-refractivity contribution in [3.63, 3.8) is 0 Å². The average molecular weight is 408 g/mol. The lowest BCUT2D eigenvalue weighted by molar-refractivity contribution is 0.157. The van der Waals surface area contributed by atoms with Gasteiger partial charge in [0, 0.05) is 49.0 Å². The van der Waals surface area contributed by atoms with Gasteiger partial charge >= 0.3 is 0 Å². The fraction of sp³-hybridized carbons (Fsp3) is 0.391. The largest absolute Gasteiger partial charge is 0.484 e. The number of anilines is 1. The second-order valence-electron chi connectivity index (χ2n) is 7.85. The van der Waals surface area contributed by atoms with E-state index in [9.17, 15) is 4.39 Å². The Labute approximate surface area is 175 Å². The van der Waals surface area contributed by atoms with Gasteiger partial charge in [-0.15, -0.1) is 0 Å². The van der Waals surface area contributed by atoms with Gasteiger partial charge in [0.2, 0.25) is 0 Å². The van der Waals surface area contributed by atoms with Gasteiger partial charge in [0.15, 0.2) is 5.75 Å². The van der Waals surface area contributed by atoms with Gasteiger partial charge in [-0.3, -0.25) is 9.88 Å². The maximum atomic E-state index is 14.7. The molecule has 1 unspecified atom stereocenters. The van der Waals surface area contributed by atoms with Crippen LogP contribution in [0, 0.1) is 12.7 Å². The topological polar surface area (TPSA) is 50.7 Å². The monoisotopic (exact) mass is 408 g/mol. The molecule has 1 fully saturated rings. The summed E-state index contributed by atoms with van der Waals surface area (Å²) >= 11 is 0. The first-order valence-corrected chi connectivity index (χ1v) is 10.4. The van der Waals surface area contributed by atoms with E-state index in [2.05, 4.69) is 44.0 Å². The quantitative estimate of drug-likeness (QED) is 0.658. The molecular formula is C23H25FN4O2. The van der Waals surface area contributed by atoms with E-state index in [4.69, 9.17) is 9.47 Å². The smallest absolute Gasteiger partial charge is 0.257 e. The van der Waals surface area contributed by atoms with E-state index in [0.29, 0.717) is 30.5 Å². The van der Waals surface area contributed by atoms with E-state index >= 15 is 0 Å². The number of nitrogens with zero attached hydrogens (tertiary/aromatic N) is 4. The summed E-state index contributed by atoms with van der Waals surface area (Å²) in [5.41, 5.74) is 3.67. The van der Waals surface area contributed by atoms with Gasteiger partial charge < -0.3 is 14.4 Å². The normalized spacial score (nSPS) is 17.9. The lowest BCUT2D eigenvalue weighted by Crippen LogP contribution is -2.47. The van der Waals surface area contributed by atoms with Crippen molar-refractivity contribution in [3.8, 4) is 11.6 Å². The van der Waals surface area contributed by atoms with Crippen LogP contribution in [0.15, 0.2) is 36.4 Å². The predicted molar refractivity (Wildman–Crippen MR) is 114 cm³/mol. The zero-order valence-corrected chi connectivity index (χ0v) is 17.3. The van der Waals surface area contributed by atoms with Crippen molar-refractivity contribution in [1.29, 1.82) is 0 Å². The first-order chi connectivity index (χ1) is 14.6. The number of hydrogen-bond donors (Lipinski definition) is 0. The maximum absolute atomic E-state index is 14.7. The molecule has 2 aromatic heterocycles. The molecular weight excluding hydrogens is 383 g/mol. The summed E-state index contributed by atoms with van der Waals surface area (Å²) in [6.45, 7) is 8.28. The van der Waals surface area contributed by atoms with Crippen LogP contribution in [0.1, 0.15) is 24.4 Å². The molecule has 156 valence electrons. The van der Waals surface area contributed by atoms with Crippen LogP contribution in [0.4, 0.5) is 10.1 Å². The first kappa shape index (κ1) is 19.1. The molecule has 0 spiro atoms. The van der Waals surface area contributed by atoms with Gasteiger partial charge in [0.05, 0.1) is 17.3 Å². The molecule has 1 aromatic carbocycles. The van der Waals surface area contributed by atoms with Crippen LogP contribution in [0.2, 0.25) is 0 Å². The third-order valence-corrected chi connectivity index (χ3v) is 5.94. The molecule has 3 aromatic rings. The number of pyridine rings is 2. The van der Waals surface area contributed by atoms with Crippen LogP contribution >= 0.6 is 0 Å². The van der Waals surface area contributed by atoms with Crippen LogP contribution < -0.4 is 14.4 Å². The molecule has 4 heterocycles. The first-order valence-electron chi connectivity index (χ1n) is 10.4. The number of benzene rings is 1. The molecule has 0 radical (unpaired) electrons. The number of para-hydroxylation sites is 1. The molecule has 7 heteroatoms. The number of hydrogen-bond acceptors (Lipinski definition) is 6. The molecule has 0 bridgehead atoms. The summed E-state index contributed by atoms with van der Waals surface area (Å²) in [5, 5.41) is 1.17. The molecule has 2 aliphatic heterocycles. The summed E-state index contributed by atoms with van der Waals surface area (Å²) in [7, 11) is 0. The van der Waals surface area contributed by atoms with Crippen molar-refractivity contribution >= 4 is 16.6 Å². The fourth-order valence-corrected chi connectivity index (χ4v) is 4.33. The van der Waals surface area contributed by atoms with Crippen molar-refractivity contribution < 1.29 is 13.9 Å². The summed E-state index contributed by atoms with van der Waals surface area (Å²) < 4.78 is 25.7. The van der Waals surface area contributed by atoms with Crippen molar-refractivity contribution in [2.75, 3.05) is 44.3 Å². The van der Waals surface area contributed by atoms with Crippen molar-refractivity contribution in [3.05, 3.63) is 53.6 Å². The zero-order chi connectivity index (χ0) is 20.7. The Morgan fingerprint density at radius 1 is 1.00 bits per heavy atom. The van der Waals surface area contributed by atoms with Crippen LogP contribution in [0.3, 0.4) is 0 Å². The number of aryl methyl sites for hydroxylation is 1. The van der Waals surface area contributed by atoms with Crippen LogP contribution in [-0.4, -0.2) is 54.3 Å². The van der Waals surface area contributed by atoms with Gasteiger partial charge in [-0.2, -0.15) is 0 Å². The van der Waals surface area contributed by atoms with Gasteiger partial charge in [0.25, 0.3) is 5.88 Å². The Bertz CT molecular complexity index is 1080. The van der Waals surface area contributed by atoms with Gasteiger partial charge in [0.1, 0.15) is 19.0 Å². The van der Waals surface area contributed by atoms with E-state index < -0.39 is 0 Å². The number of ether oxygens (including phenoxy) is 2. The number of halogens is 1. The van der Waals surface area contributed by atoms with E-state index in [1.165, 1.54) is 17.1 Å². The standard InChI is InChI=1S/C23H25FN4O2/c1-15-13-20(17-5-3-4-6-19(17)25-15)28-9-7-27(8-10-28)16(2)22-18(24)14-21-23(26-22)30-12-11-29-21/h3-6,13-14,16H,7-12H2,1-2H3. The minimum Gasteiger partial charge on any atom is -0.484 e. The molecule has 0 aliphatic carbocycles. The minimum absolute atomic E-state index is 0.140. The minimum atomic E-state index is -0.343. The van der Waals surface area contributed by atoms with Gasteiger partial charge in [-0.25, -0.2) is 9.37 Å². The number of fused-ring (bicyclic) bond motifs is 2. The van der Waals surface area contributed by atoms with E-state index in [-0.39, 0.29) is 11.9 Å². The van der Waals surface area contributed by atoms with Gasteiger partial charge in [-0.1, -0.05) is 18.2 Å².